The number of aromatic nitrogens is 3. The number of fused-ring (bicyclic) bond motifs is 1. The van der Waals surface area contributed by atoms with Crippen molar-refractivity contribution in [3.63, 3.8) is 0 Å². The molecule has 0 aliphatic rings. The van der Waals surface area contributed by atoms with Crippen molar-refractivity contribution in [3.8, 4) is 0 Å². The quantitative estimate of drug-likeness (QED) is 0.802. The van der Waals surface area contributed by atoms with Crippen LogP contribution in [-0.2, 0) is 11.3 Å². The van der Waals surface area contributed by atoms with E-state index >= 15 is 0 Å². The second-order valence-electron chi connectivity index (χ2n) is 4.70. The zero-order valence-electron chi connectivity index (χ0n) is 11.0. The first-order valence-electron chi connectivity index (χ1n) is 6.46. The Morgan fingerprint density at radius 3 is 3.11 bits per heavy atom. The lowest BCUT2D eigenvalue weighted by Crippen LogP contribution is -2.25. The van der Waals surface area contributed by atoms with Crippen LogP contribution in [0.2, 0.25) is 0 Å². The summed E-state index contributed by atoms with van der Waals surface area (Å²) < 4.78 is 1.86. The number of hydrogen-bond acceptors (Lipinski definition) is 4. The van der Waals surface area contributed by atoms with E-state index in [4.69, 9.17) is 5.73 Å². The van der Waals surface area contributed by atoms with Crippen molar-refractivity contribution >= 4 is 11.6 Å². The van der Waals surface area contributed by atoms with E-state index in [1.54, 1.807) is 0 Å². The molecule has 3 N–H and O–H groups in total. The lowest BCUT2D eigenvalue weighted by molar-refractivity contribution is -0.121. The first kappa shape index (κ1) is 13.5. The highest BCUT2D eigenvalue weighted by atomic mass is 16.1. The number of carbonyl (C=O) groups is 1. The molecule has 6 heteroatoms. The molecule has 6 nitrogen and oxygen atoms in total. The van der Waals surface area contributed by atoms with Gasteiger partial charge in [0.2, 0.25) is 5.91 Å². The van der Waals surface area contributed by atoms with Crippen LogP contribution in [0.5, 0.6) is 0 Å². The summed E-state index contributed by atoms with van der Waals surface area (Å²) in [7, 11) is 0. The topological polar surface area (TPSA) is 85.3 Å². The number of hydrogen-bond donors (Lipinski definition) is 2. The summed E-state index contributed by atoms with van der Waals surface area (Å²) in [4.78, 5) is 11.7. The molecule has 0 saturated heterocycles. The van der Waals surface area contributed by atoms with Crippen molar-refractivity contribution in [1.29, 1.82) is 0 Å². The van der Waals surface area contributed by atoms with Crippen LogP contribution in [0.1, 0.15) is 25.6 Å². The Hall–Kier alpha value is -1.95. The predicted octanol–water partition coefficient (Wildman–Crippen LogP) is 0.720. The van der Waals surface area contributed by atoms with Gasteiger partial charge in [0.05, 0.1) is 6.54 Å². The number of pyridine rings is 1. The minimum absolute atomic E-state index is 0.0213. The van der Waals surface area contributed by atoms with Gasteiger partial charge in [0, 0.05) is 12.6 Å². The highest BCUT2D eigenvalue weighted by molar-refractivity contribution is 5.75. The van der Waals surface area contributed by atoms with Crippen LogP contribution >= 0.6 is 0 Å². The molecule has 0 aliphatic heterocycles. The Balaban J connectivity index is 1.87. The lowest BCUT2D eigenvalue weighted by Gasteiger charge is -2.08. The van der Waals surface area contributed by atoms with Gasteiger partial charge in [0.1, 0.15) is 0 Å². The maximum atomic E-state index is 11.7. The largest absolute Gasteiger partial charge is 0.349 e. The Kier molecular flexibility index (Phi) is 4.46. The summed E-state index contributed by atoms with van der Waals surface area (Å²) in [6, 6.07) is 5.69. The van der Waals surface area contributed by atoms with Crippen LogP contribution in [0.15, 0.2) is 24.4 Å². The first-order chi connectivity index (χ1) is 9.20. The third kappa shape index (κ3) is 3.51. The minimum atomic E-state index is 0.0213. The number of nitrogens with two attached hydrogens (primary N) is 1. The van der Waals surface area contributed by atoms with Gasteiger partial charge in [-0.15, -0.1) is 10.2 Å². The van der Waals surface area contributed by atoms with Crippen molar-refractivity contribution in [1.82, 2.24) is 19.9 Å². The van der Waals surface area contributed by atoms with Crippen molar-refractivity contribution in [3.05, 3.63) is 30.2 Å². The van der Waals surface area contributed by atoms with Gasteiger partial charge >= 0.3 is 0 Å². The molecule has 2 aromatic heterocycles. The zero-order chi connectivity index (χ0) is 13.7. The van der Waals surface area contributed by atoms with Gasteiger partial charge in [-0.3, -0.25) is 9.20 Å². The van der Waals surface area contributed by atoms with Crippen molar-refractivity contribution in [2.75, 3.05) is 6.54 Å². The third-order valence-corrected chi connectivity index (χ3v) is 3.09. The summed E-state index contributed by atoms with van der Waals surface area (Å²) in [5, 5.41) is 10.9. The highest BCUT2D eigenvalue weighted by Gasteiger charge is 2.08. The van der Waals surface area contributed by atoms with Crippen LogP contribution in [0.25, 0.3) is 5.65 Å². The first-order valence-corrected chi connectivity index (χ1v) is 6.46. The highest BCUT2D eigenvalue weighted by Crippen LogP contribution is 2.04. The molecule has 2 rings (SSSR count). The molecule has 0 radical (unpaired) electrons. The molecule has 102 valence electrons. The van der Waals surface area contributed by atoms with Gasteiger partial charge in [0.25, 0.3) is 0 Å². The normalized spacial score (nSPS) is 12.5. The van der Waals surface area contributed by atoms with Crippen LogP contribution in [0.3, 0.4) is 0 Å². The molecule has 0 spiro atoms. The molecular weight excluding hydrogens is 242 g/mol. The van der Waals surface area contributed by atoms with E-state index in [0.717, 1.165) is 17.9 Å². The SMILES string of the molecule is CC(CN)CCC(=O)NCc1nnc2ccccn12. The third-order valence-electron chi connectivity index (χ3n) is 3.09. The Morgan fingerprint density at radius 2 is 2.32 bits per heavy atom. The summed E-state index contributed by atoms with van der Waals surface area (Å²) in [6.45, 7) is 3.04. The molecule has 19 heavy (non-hydrogen) atoms. The van der Waals surface area contributed by atoms with Gasteiger partial charge in [-0.1, -0.05) is 13.0 Å². The average Bonchev–Trinajstić information content (AvgIpc) is 2.85. The molecule has 1 atom stereocenters. The number of nitrogens with one attached hydrogen (secondary N) is 1. The molecule has 0 aliphatic carbocycles. The van der Waals surface area contributed by atoms with Gasteiger partial charge in [-0.05, 0) is 31.0 Å². The van der Waals surface area contributed by atoms with Crippen LogP contribution in [0.4, 0.5) is 0 Å². The van der Waals surface area contributed by atoms with Gasteiger partial charge < -0.3 is 11.1 Å². The second-order valence-corrected chi connectivity index (χ2v) is 4.70. The monoisotopic (exact) mass is 261 g/mol. The summed E-state index contributed by atoms with van der Waals surface area (Å²) >= 11 is 0. The molecule has 2 aromatic rings. The molecule has 0 fully saturated rings. The van der Waals surface area contributed by atoms with Gasteiger partial charge in [-0.25, -0.2) is 0 Å². The number of amides is 1. The van der Waals surface area contributed by atoms with E-state index in [1.807, 2.05) is 35.7 Å². The predicted molar refractivity (Wildman–Crippen MR) is 72.3 cm³/mol. The number of carbonyl (C=O) groups excluding carboxylic acids is 1. The van der Waals surface area contributed by atoms with E-state index in [-0.39, 0.29) is 5.91 Å². The molecule has 2 heterocycles. The Labute approximate surface area is 112 Å². The minimum Gasteiger partial charge on any atom is -0.349 e. The van der Waals surface area contributed by atoms with E-state index in [1.165, 1.54) is 0 Å². The van der Waals surface area contributed by atoms with Gasteiger partial charge in [0.15, 0.2) is 11.5 Å². The number of rotatable bonds is 6. The van der Waals surface area contributed by atoms with Crippen LogP contribution in [0, 0.1) is 5.92 Å². The molecule has 1 unspecified atom stereocenters. The lowest BCUT2D eigenvalue weighted by atomic mass is 10.1. The fourth-order valence-corrected chi connectivity index (χ4v) is 1.77. The maximum absolute atomic E-state index is 11.7. The molecule has 0 bridgehead atoms. The smallest absolute Gasteiger partial charge is 0.220 e. The second kappa shape index (κ2) is 6.29. The maximum Gasteiger partial charge on any atom is 0.220 e. The van der Waals surface area contributed by atoms with Crippen molar-refractivity contribution < 1.29 is 4.79 Å². The Morgan fingerprint density at radius 1 is 1.47 bits per heavy atom. The number of nitrogens with zero attached hydrogens (tertiary/aromatic N) is 3. The summed E-state index contributed by atoms with van der Waals surface area (Å²) in [6.07, 6.45) is 3.19. The van der Waals surface area contributed by atoms with Crippen molar-refractivity contribution in [2.45, 2.75) is 26.3 Å². The van der Waals surface area contributed by atoms with Crippen LogP contribution in [-0.4, -0.2) is 27.0 Å². The van der Waals surface area contributed by atoms with E-state index in [9.17, 15) is 4.79 Å². The van der Waals surface area contributed by atoms with E-state index in [0.29, 0.717) is 25.4 Å². The molecule has 0 saturated carbocycles. The molecule has 1 amide bonds. The zero-order valence-corrected chi connectivity index (χ0v) is 11.0. The molecular formula is C13H19N5O. The van der Waals surface area contributed by atoms with E-state index in [2.05, 4.69) is 15.5 Å². The summed E-state index contributed by atoms with van der Waals surface area (Å²) in [5.41, 5.74) is 6.30. The fourth-order valence-electron chi connectivity index (χ4n) is 1.77. The van der Waals surface area contributed by atoms with Gasteiger partial charge in [-0.2, -0.15) is 0 Å². The standard InChI is InChI=1S/C13H19N5O/c1-10(8-14)5-6-13(19)15-9-12-17-16-11-4-2-3-7-18(11)12/h2-4,7,10H,5-6,8-9,14H2,1H3,(H,15,19). The van der Waals surface area contributed by atoms with E-state index < -0.39 is 0 Å². The Bertz CT molecular complexity index is 551. The van der Waals surface area contributed by atoms with Crippen LogP contribution < -0.4 is 11.1 Å². The molecule has 0 aromatic carbocycles. The summed E-state index contributed by atoms with van der Waals surface area (Å²) in [5.74, 6) is 1.13. The average molecular weight is 261 g/mol. The fraction of sp³-hybridized carbons (Fsp3) is 0.462. The van der Waals surface area contributed by atoms with Crippen molar-refractivity contribution in [2.24, 2.45) is 11.7 Å².